The zero-order valence-electron chi connectivity index (χ0n) is 11.5. The fraction of sp³-hybridized carbons (Fsp3) is 0.923. The van der Waals surface area contributed by atoms with Crippen molar-refractivity contribution in [1.29, 1.82) is 0 Å². The van der Waals surface area contributed by atoms with Gasteiger partial charge in [-0.15, -0.1) is 0 Å². The number of rotatable bonds is 7. The predicted molar refractivity (Wildman–Crippen MR) is 76.0 cm³/mol. The molecule has 0 aromatic carbocycles. The Labute approximate surface area is 113 Å². The fourth-order valence-electron chi connectivity index (χ4n) is 2.20. The van der Waals surface area contributed by atoms with E-state index in [0.29, 0.717) is 24.1 Å². The molecule has 2 unspecified atom stereocenters. The molecule has 1 aliphatic rings. The van der Waals surface area contributed by atoms with Crippen molar-refractivity contribution >= 4 is 16.7 Å². The van der Waals surface area contributed by atoms with Gasteiger partial charge in [0.2, 0.25) is 5.91 Å². The molecule has 106 valence electrons. The van der Waals surface area contributed by atoms with Crippen LogP contribution in [0.3, 0.4) is 0 Å². The van der Waals surface area contributed by atoms with Gasteiger partial charge in [-0.25, -0.2) is 0 Å². The first-order valence-corrected chi connectivity index (χ1v) is 8.51. The van der Waals surface area contributed by atoms with Gasteiger partial charge in [0.25, 0.3) is 0 Å². The third-order valence-corrected chi connectivity index (χ3v) is 4.75. The molecule has 1 fully saturated rings. The molecule has 0 aromatic heterocycles. The van der Waals surface area contributed by atoms with Gasteiger partial charge in [0, 0.05) is 34.9 Å². The Kier molecular flexibility index (Phi) is 7.51. The van der Waals surface area contributed by atoms with Crippen LogP contribution in [0.15, 0.2) is 0 Å². The van der Waals surface area contributed by atoms with Crippen LogP contribution < -0.4 is 10.6 Å². The van der Waals surface area contributed by atoms with Gasteiger partial charge in [-0.1, -0.05) is 26.2 Å². The highest BCUT2D eigenvalue weighted by Crippen LogP contribution is 2.17. The standard InChI is InChI=1S/C13H26N2O2S/c1-3-18(17)10-9-14-11(2)13(16)15-12-7-5-4-6-8-12/h11-12,14H,3-10H2,1-2H3,(H,15,16). The number of amides is 1. The minimum atomic E-state index is -0.757. The van der Waals surface area contributed by atoms with E-state index in [4.69, 9.17) is 0 Å². The Morgan fingerprint density at radius 3 is 2.61 bits per heavy atom. The lowest BCUT2D eigenvalue weighted by atomic mass is 9.95. The monoisotopic (exact) mass is 274 g/mol. The lowest BCUT2D eigenvalue weighted by molar-refractivity contribution is -0.123. The topological polar surface area (TPSA) is 58.2 Å². The molecule has 0 bridgehead atoms. The van der Waals surface area contributed by atoms with E-state index in [-0.39, 0.29) is 11.9 Å². The van der Waals surface area contributed by atoms with E-state index < -0.39 is 10.8 Å². The molecule has 1 aliphatic carbocycles. The first kappa shape index (κ1) is 15.6. The summed E-state index contributed by atoms with van der Waals surface area (Å²) in [6, 6.07) is 0.168. The molecule has 1 saturated carbocycles. The van der Waals surface area contributed by atoms with Crippen LogP contribution in [0.1, 0.15) is 46.0 Å². The van der Waals surface area contributed by atoms with Crippen molar-refractivity contribution in [3.63, 3.8) is 0 Å². The first-order valence-electron chi connectivity index (χ1n) is 7.02. The molecular weight excluding hydrogens is 248 g/mol. The molecule has 0 saturated heterocycles. The highest BCUT2D eigenvalue weighted by Gasteiger charge is 2.19. The van der Waals surface area contributed by atoms with Crippen molar-refractivity contribution in [2.75, 3.05) is 18.1 Å². The Hall–Kier alpha value is -0.420. The van der Waals surface area contributed by atoms with Crippen molar-refractivity contribution in [2.24, 2.45) is 0 Å². The van der Waals surface area contributed by atoms with Crippen LogP contribution in [0.5, 0.6) is 0 Å². The Morgan fingerprint density at radius 2 is 2.00 bits per heavy atom. The average molecular weight is 274 g/mol. The van der Waals surface area contributed by atoms with E-state index in [1.165, 1.54) is 19.3 Å². The maximum absolute atomic E-state index is 11.9. The summed E-state index contributed by atoms with van der Waals surface area (Å²) in [5.41, 5.74) is 0. The summed E-state index contributed by atoms with van der Waals surface area (Å²) >= 11 is 0. The maximum Gasteiger partial charge on any atom is 0.237 e. The second-order valence-electron chi connectivity index (χ2n) is 4.95. The lowest BCUT2D eigenvalue weighted by Gasteiger charge is -2.24. The van der Waals surface area contributed by atoms with Gasteiger partial charge in [-0.05, 0) is 19.8 Å². The third kappa shape index (κ3) is 5.96. The molecule has 0 heterocycles. The zero-order chi connectivity index (χ0) is 13.4. The molecule has 5 heteroatoms. The number of carbonyl (C=O) groups excluding carboxylic acids is 1. The molecule has 1 rings (SSSR count). The van der Waals surface area contributed by atoms with Crippen molar-refractivity contribution in [3.8, 4) is 0 Å². The van der Waals surface area contributed by atoms with Crippen LogP contribution in [0.25, 0.3) is 0 Å². The van der Waals surface area contributed by atoms with Gasteiger partial charge in [0.05, 0.1) is 6.04 Å². The van der Waals surface area contributed by atoms with Crippen LogP contribution in [-0.2, 0) is 15.6 Å². The van der Waals surface area contributed by atoms with Gasteiger partial charge in [-0.3, -0.25) is 9.00 Å². The van der Waals surface area contributed by atoms with Crippen LogP contribution >= 0.6 is 0 Å². The van der Waals surface area contributed by atoms with E-state index in [2.05, 4.69) is 10.6 Å². The number of carbonyl (C=O) groups is 1. The summed E-state index contributed by atoms with van der Waals surface area (Å²) in [5, 5.41) is 6.23. The molecule has 0 radical (unpaired) electrons. The maximum atomic E-state index is 11.9. The quantitative estimate of drug-likeness (QED) is 0.733. The molecule has 2 atom stereocenters. The van der Waals surface area contributed by atoms with Crippen LogP contribution in [-0.4, -0.2) is 40.3 Å². The summed E-state index contributed by atoms with van der Waals surface area (Å²) in [6.45, 7) is 4.42. The largest absolute Gasteiger partial charge is 0.352 e. The summed E-state index contributed by atoms with van der Waals surface area (Å²) in [6.07, 6.45) is 5.96. The summed E-state index contributed by atoms with van der Waals surface area (Å²) in [5.74, 6) is 1.38. The molecule has 4 nitrogen and oxygen atoms in total. The van der Waals surface area contributed by atoms with Crippen molar-refractivity contribution in [3.05, 3.63) is 0 Å². The molecule has 0 spiro atoms. The Morgan fingerprint density at radius 1 is 1.33 bits per heavy atom. The van der Waals surface area contributed by atoms with Gasteiger partial charge < -0.3 is 10.6 Å². The molecule has 0 aliphatic heterocycles. The van der Waals surface area contributed by atoms with Gasteiger partial charge in [0.15, 0.2) is 0 Å². The second-order valence-corrected chi connectivity index (χ2v) is 6.82. The minimum Gasteiger partial charge on any atom is -0.352 e. The van der Waals surface area contributed by atoms with Gasteiger partial charge in [0.1, 0.15) is 0 Å². The van der Waals surface area contributed by atoms with Crippen molar-refractivity contribution in [2.45, 2.75) is 58.0 Å². The normalized spacial score (nSPS) is 20.3. The average Bonchev–Trinajstić information content (AvgIpc) is 2.39. The smallest absolute Gasteiger partial charge is 0.237 e. The van der Waals surface area contributed by atoms with E-state index in [1.807, 2.05) is 13.8 Å². The summed E-state index contributed by atoms with van der Waals surface area (Å²) in [4.78, 5) is 11.9. The van der Waals surface area contributed by atoms with Crippen LogP contribution in [0, 0.1) is 0 Å². The molecule has 0 aromatic rings. The summed E-state index contributed by atoms with van der Waals surface area (Å²) in [7, 11) is -0.757. The van der Waals surface area contributed by atoms with Gasteiger partial charge >= 0.3 is 0 Å². The second kappa shape index (κ2) is 8.64. The Balaban J connectivity index is 2.17. The molecule has 18 heavy (non-hydrogen) atoms. The first-order chi connectivity index (χ1) is 8.63. The number of hydrogen-bond donors (Lipinski definition) is 2. The highest BCUT2D eigenvalue weighted by atomic mass is 32.2. The van der Waals surface area contributed by atoms with E-state index in [0.717, 1.165) is 12.8 Å². The van der Waals surface area contributed by atoms with Crippen molar-refractivity contribution < 1.29 is 9.00 Å². The zero-order valence-corrected chi connectivity index (χ0v) is 12.4. The number of nitrogens with one attached hydrogen (secondary N) is 2. The molecular formula is C13H26N2O2S. The third-order valence-electron chi connectivity index (χ3n) is 3.45. The number of hydrogen-bond acceptors (Lipinski definition) is 3. The predicted octanol–water partition coefficient (Wildman–Crippen LogP) is 1.18. The molecule has 2 N–H and O–H groups in total. The fourth-order valence-corrected chi connectivity index (χ4v) is 2.83. The van der Waals surface area contributed by atoms with E-state index in [9.17, 15) is 9.00 Å². The summed E-state index contributed by atoms with van der Waals surface area (Å²) < 4.78 is 11.3. The molecule has 1 amide bonds. The van der Waals surface area contributed by atoms with Crippen LogP contribution in [0.2, 0.25) is 0 Å². The van der Waals surface area contributed by atoms with E-state index in [1.54, 1.807) is 0 Å². The van der Waals surface area contributed by atoms with Crippen molar-refractivity contribution in [1.82, 2.24) is 10.6 Å². The highest BCUT2D eigenvalue weighted by molar-refractivity contribution is 7.84. The SMILES string of the molecule is CCS(=O)CCNC(C)C(=O)NC1CCCCC1. The Bertz CT molecular complexity index is 278. The van der Waals surface area contributed by atoms with Crippen LogP contribution in [0.4, 0.5) is 0 Å². The minimum absolute atomic E-state index is 0.0733. The lowest BCUT2D eigenvalue weighted by Crippen LogP contribution is -2.47. The van der Waals surface area contributed by atoms with E-state index >= 15 is 0 Å². The van der Waals surface area contributed by atoms with Gasteiger partial charge in [-0.2, -0.15) is 0 Å².